The van der Waals surface area contributed by atoms with Crippen LogP contribution in [-0.4, -0.2) is 29.5 Å². The summed E-state index contributed by atoms with van der Waals surface area (Å²) in [5.74, 6) is -2.58. The van der Waals surface area contributed by atoms with Crippen LogP contribution in [0.2, 0.25) is 0 Å². The van der Waals surface area contributed by atoms with E-state index in [4.69, 9.17) is 4.74 Å². The Morgan fingerprint density at radius 3 is 2.08 bits per heavy atom. The molecule has 2 N–H and O–H groups in total. The highest BCUT2D eigenvalue weighted by Crippen LogP contribution is 2.25. The first-order valence-electron chi connectivity index (χ1n) is 7.27. The molecule has 2 aromatic rings. The van der Waals surface area contributed by atoms with Crippen LogP contribution in [0.5, 0.6) is 0 Å². The molecule has 0 aromatic heterocycles. The third-order valence-electron chi connectivity index (χ3n) is 3.48. The third-order valence-corrected chi connectivity index (χ3v) is 3.48. The van der Waals surface area contributed by atoms with E-state index in [1.165, 1.54) is 6.92 Å². The average Bonchev–Trinajstić information content (AvgIpc) is 2.61. The standard InChI is InChI=1S/C18H17NO5/c1-18(17(22)23,14-10-6-3-7-11-14)24-15(20)12-19-16(21)13-8-4-2-5-9-13/h2-11H,12H2,1H3,(H,19,21)(H,22,23). The summed E-state index contributed by atoms with van der Waals surface area (Å²) < 4.78 is 5.12. The van der Waals surface area contributed by atoms with E-state index in [9.17, 15) is 19.5 Å². The number of carbonyl (C=O) groups excluding carboxylic acids is 2. The number of hydrogen-bond acceptors (Lipinski definition) is 4. The Kier molecular flexibility index (Phi) is 5.31. The van der Waals surface area contributed by atoms with Crippen LogP contribution in [0, 0.1) is 0 Å². The molecule has 0 spiro atoms. The first-order chi connectivity index (χ1) is 11.4. The fourth-order valence-electron chi connectivity index (χ4n) is 2.09. The summed E-state index contributed by atoms with van der Waals surface area (Å²) in [6, 6.07) is 16.5. The molecule has 0 aliphatic heterocycles. The lowest BCUT2D eigenvalue weighted by atomic mass is 9.96. The normalized spacial score (nSPS) is 12.7. The second kappa shape index (κ2) is 7.41. The maximum absolute atomic E-state index is 12.0. The number of carbonyl (C=O) groups is 3. The van der Waals surface area contributed by atoms with Gasteiger partial charge in [-0.3, -0.25) is 9.59 Å². The van der Waals surface area contributed by atoms with Crippen LogP contribution in [0.3, 0.4) is 0 Å². The van der Waals surface area contributed by atoms with E-state index in [1.807, 2.05) is 0 Å². The fourth-order valence-corrected chi connectivity index (χ4v) is 2.09. The molecular weight excluding hydrogens is 310 g/mol. The van der Waals surface area contributed by atoms with Gasteiger partial charge in [-0.2, -0.15) is 0 Å². The third kappa shape index (κ3) is 3.98. The molecule has 6 nitrogen and oxygen atoms in total. The lowest BCUT2D eigenvalue weighted by Crippen LogP contribution is -2.41. The number of aliphatic carboxylic acids is 1. The molecule has 0 fully saturated rings. The molecule has 2 aromatic carbocycles. The highest BCUT2D eigenvalue weighted by atomic mass is 16.6. The zero-order valence-corrected chi connectivity index (χ0v) is 13.1. The van der Waals surface area contributed by atoms with E-state index in [2.05, 4.69) is 5.32 Å². The summed E-state index contributed by atoms with van der Waals surface area (Å²) in [6.45, 7) is 0.866. The smallest absolute Gasteiger partial charge is 0.352 e. The minimum absolute atomic E-state index is 0.334. The van der Waals surface area contributed by atoms with Gasteiger partial charge in [0.05, 0.1) is 0 Å². The summed E-state index contributed by atoms with van der Waals surface area (Å²) in [5.41, 5.74) is -1.09. The van der Waals surface area contributed by atoms with Gasteiger partial charge >= 0.3 is 11.9 Å². The second-order valence-corrected chi connectivity index (χ2v) is 5.23. The number of carboxylic acids is 1. The molecular formula is C18H17NO5. The number of ether oxygens (including phenoxy) is 1. The largest absolute Gasteiger partial charge is 0.478 e. The SMILES string of the molecule is CC(OC(=O)CNC(=O)c1ccccc1)(C(=O)O)c1ccccc1. The van der Waals surface area contributed by atoms with Gasteiger partial charge in [0.1, 0.15) is 6.54 Å². The Labute approximate surface area is 139 Å². The van der Waals surface area contributed by atoms with E-state index >= 15 is 0 Å². The van der Waals surface area contributed by atoms with Crippen molar-refractivity contribution in [1.82, 2.24) is 5.32 Å². The first-order valence-corrected chi connectivity index (χ1v) is 7.27. The van der Waals surface area contributed by atoms with Crippen molar-refractivity contribution in [3.05, 3.63) is 71.8 Å². The van der Waals surface area contributed by atoms with Gasteiger partial charge in [-0.1, -0.05) is 48.5 Å². The van der Waals surface area contributed by atoms with Crippen molar-refractivity contribution < 1.29 is 24.2 Å². The summed E-state index contributed by atoms with van der Waals surface area (Å²) in [7, 11) is 0. The number of rotatable bonds is 6. The second-order valence-electron chi connectivity index (χ2n) is 5.23. The number of carboxylic acid groups (broad SMARTS) is 1. The average molecular weight is 327 g/mol. The van der Waals surface area contributed by atoms with E-state index in [0.29, 0.717) is 11.1 Å². The van der Waals surface area contributed by atoms with E-state index in [0.717, 1.165) is 0 Å². The zero-order valence-electron chi connectivity index (χ0n) is 13.1. The molecule has 0 saturated carbocycles. The molecule has 1 unspecified atom stereocenters. The Bertz CT molecular complexity index is 730. The molecule has 6 heteroatoms. The summed E-state index contributed by atoms with van der Waals surface area (Å²) in [6.07, 6.45) is 0. The minimum Gasteiger partial charge on any atom is -0.478 e. The van der Waals surface area contributed by atoms with Gasteiger partial charge in [0, 0.05) is 11.1 Å². The molecule has 0 saturated heterocycles. The number of benzene rings is 2. The summed E-state index contributed by atoms with van der Waals surface area (Å²) in [5, 5.41) is 11.8. The van der Waals surface area contributed by atoms with Crippen LogP contribution >= 0.6 is 0 Å². The molecule has 124 valence electrons. The van der Waals surface area contributed by atoms with Crippen molar-refractivity contribution in [2.45, 2.75) is 12.5 Å². The maximum atomic E-state index is 12.0. The molecule has 0 radical (unpaired) electrons. The van der Waals surface area contributed by atoms with E-state index in [-0.39, 0.29) is 0 Å². The van der Waals surface area contributed by atoms with Crippen molar-refractivity contribution in [2.75, 3.05) is 6.54 Å². The Hall–Kier alpha value is -3.15. The Morgan fingerprint density at radius 2 is 1.54 bits per heavy atom. The maximum Gasteiger partial charge on any atom is 0.352 e. The van der Waals surface area contributed by atoms with Gasteiger partial charge < -0.3 is 15.2 Å². The van der Waals surface area contributed by atoms with Crippen molar-refractivity contribution in [3.8, 4) is 0 Å². The van der Waals surface area contributed by atoms with Crippen LogP contribution in [0.15, 0.2) is 60.7 Å². The van der Waals surface area contributed by atoms with Crippen LogP contribution in [0.25, 0.3) is 0 Å². The van der Waals surface area contributed by atoms with Crippen molar-refractivity contribution in [2.24, 2.45) is 0 Å². The molecule has 0 heterocycles. The number of amides is 1. The lowest BCUT2D eigenvalue weighted by molar-refractivity contribution is -0.177. The van der Waals surface area contributed by atoms with Gasteiger partial charge in [-0.25, -0.2) is 4.79 Å². The quantitative estimate of drug-likeness (QED) is 0.791. The molecule has 2 rings (SSSR count). The van der Waals surface area contributed by atoms with Crippen molar-refractivity contribution in [1.29, 1.82) is 0 Å². The van der Waals surface area contributed by atoms with Gasteiger partial charge in [0.2, 0.25) is 5.60 Å². The van der Waals surface area contributed by atoms with Gasteiger partial charge in [-0.15, -0.1) is 0 Å². The number of esters is 1. The summed E-state index contributed by atoms with van der Waals surface area (Å²) >= 11 is 0. The molecule has 1 atom stereocenters. The summed E-state index contributed by atoms with van der Waals surface area (Å²) in [4.78, 5) is 35.4. The topological polar surface area (TPSA) is 92.7 Å². The first kappa shape index (κ1) is 17.2. The highest BCUT2D eigenvalue weighted by molar-refractivity contribution is 5.96. The molecule has 0 aliphatic carbocycles. The molecule has 0 bridgehead atoms. The Morgan fingerprint density at radius 1 is 1.00 bits per heavy atom. The van der Waals surface area contributed by atoms with E-state index in [1.54, 1.807) is 60.7 Å². The predicted molar refractivity (Wildman–Crippen MR) is 86.3 cm³/mol. The predicted octanol–water partition coefficient (Wildman–Crippen LogP) is 1.96. The van der Waals surface area contributed by atoms with Gasteiger partial charge in [0.15, 0.2) is 0 Å². The minimum atomic E-state index is -1.82. The van der Waals surface area contributed by atoms with Crippen molar-refractivity contribution >= 4 is 17.8 Å². The van der Waals surface area contributed by atoms with Gasteiger partial charge in [0.25, 0.3) is 5.91 Å². The van der Waals surface area contributed by atoms with Crippen LogP contribution < -0.4 is 5.32 Å². The highest BCUT2D eigenvalue weighted by Gasteiger charge is 2.39. The number of hydrogen-bond donors (Lipinski definition) is 2. The van der Waals surface area contributed by atoms with E-state index < -0.39 is 30.0 Å². The van der Waals surface area contributed by atoms with Gasteiger partial charge in [-0.05, 0) is 19.1 Å². The monoisotopic (exact) mass is 327 g/mol. The fraction of sp³-hybridized carbons (Fsp3) is 0.167. The van der Waals surface area contributed by atoms with Crippen LogP contribution in [0.1, 0.15) is 22.8 Å². The van der Waals surface area contributed by atoms with Crippen molar-refractivity contribution in [3.63, 3.8) is 0 Å². The number of nitrogens with one attached hydrogen (secondary N) is 1. The molecule has 0 aliphatic rings. The molecule has 24 heavy (non-hydrogen) atoms. The Balaban J connectivity index is 2.02. The van der Waals surface area contributed by atoms with Crippen LogP contribution in [-0.2, 0) is 19.9 Å². The zero-order chi connectivity index (χ0) is 17.6. The lowest BCUT2D eigenvalue weighted by Gasteiger charge is -2.25. The van der Waals surface area contributed by atoms with Crippen LogP contribution in [0.4, 0.5) is 0 Å². The molecule has 1 amide bonds.